The van der Waals surface area contributed by atoms with E-state index in [0.717, 1.165) is 0 Å². The predicted octanol–water partition coefficient (Wildman–Crippen LogP) is 2.46. The number of benzene rings is 1. The van der Waals surface area contributed by atoms with Crippen molar-refractivity contribution < 1.29 is 13.9 Å². The average molecular weight is 220 g/mol. The van der Waals surface area contributed by atoms with Crippen LogP contribution in [0.15, 0.2) is 39.5 Å². The molecular formula is C12H9FO3. The molecule has 1 aromatic heterocycles. The van der Waals surface area contributed by atoms with Gasteiger partial charge in [0.15, 0.2) is 0 Å². The Labute approximate surface area is 90.8 Å². The highest BCUT2D eigenvalue weighted by molar-refractivity contribution is 5.68. The highest BCUT2D eigenvalue weighted by atomic mass is 19.1. The van der Waals surface area contributed by atoms with Crippen molar-refractivity contribution in [3.05, 3.63) is 52.3 Å². The lowest BCUT2D eigenvalue weighted by atomic mass is 10.1. The van der Waals surface area contributed by atoms with Crippen LogP contribution in [0.1, 0.15) is 5.76 Å². The van der Waals surface area contributed by atoms with Crippen LogP contribution in [0.5, 0.6) is 5.75 Å². The fourth-order valence-electron chi connectivity index (χ4n) is 1.48. The summed E-state index contributed by atoms with van der Waals surface area (Å²) in [5, 5.41) is 9.64. The van der Waals surface area contributed by atoms with Gasteiger partial charge in [0.2, 0.25) is 0 Å². The SMILES string of the molecule is Cc1cc(O)c(-c2ccc(F)cc2)c(=O)o1. The normalized spacial score (nSPS) is 10.4. The number of rotatable bonds is 1. The number of halogens is 1. The lowest BCUT2D eigenvalue weighted by Gasteiger charge is -2.03. The Bertz CT molecular complexity index is 570. The zero-order valence-corrected chi connectivity index (χ0v) is 8.53. The summed E-state index contributed by atoms with van der Waals surface area (Å²) in [5.41, 5.74) is -0.164. The average Bonchev–Trinajstić information content (AvgIpc) is 2.19. The molecule has 0 unspecified atom stereocenters. The van der Waals surface area contributed by atoms with Crippen LogP contribution < -0.4 is 5.63 Å². The minimum atomic E-state index is -0.635. The molecule has 4 heteroatoms. The van der Waals surface area contributed by atoms with E-state index in [4.69, 9.17) is 4.42 Å². The van der Waals surface area contributed by atoms with Crippen molar-refractivity contribution in [2.24, 2.45) is 0 Å². The third-order valence-corrected chi connectivity index (χ3v) is 2.19. The van der Waals surface area contributed by atoms with Gasteiger partial charge in [-0.25, -0.2) is 9.18 Å². The summed E-state index contributed by atoms with van der Waals surface area (Å²) in [7, 11) is 0. The van der Waals surface area contributed by atoms with E-state index in [1.54, 1.807) is 6.92 Å². The van der Waals surface area contributed by atoms with Crippen LogP contribution in [0.25, 0.3) is 11.1 Å². The Morgan fingerprint density at radius 1 is 1.25 bits per heavy atom. The first-order valence-electron chi connectivity index (χ1n) is 4.67. The first kappa shape index (κ1) is 10.4. The molecule has 16 heavy (non-hydrogen) atoms. The smallest absolute Gasteiger partial charge is 0.347 e. The van der Waals surface area contributed by atoms with E-state index in [1.807, 2.05) is 0 Å². The van der Waals surface area contributed by atoms with Crippen molar-refractivity contribution >= 4 is 0 Å². The summed E-state index contributed by atoms with van der Waals surface area (Å²) in [4.78, 5) is 11.5. The van der Waals surface area contributed by atoms with E-state index in [1.165, 1.54) is 30.3 Å². The van der Waals surface area contributed by atoms with Crippen LogP contribution in [0.3, 0.4) is 0 Å². The van der Waals surface area contributed by atoms with E-state index in [9.17, 15) is 14.3 Å². The zero-order chi connectivity index (χ0) is 11.7. The number of aromatic hydroxyl groups is 1. The van der Waals surface area contributed by atoms with Crippen LogP contribution in [-0.2, 0) is 0 Å². The Morgan fingerprint density at radius 3 is 2.44 bits per heavy atom. The predicted molar refractivity (Wildman–Crippen MR) is 56.8 cm³/mol. The highest BCUT2D eigenvalue weighted by Crippen LogP contribution is 2.26. The molecule has 0 aliphatic heterocycles. The van der Waals surface area contributed by atoms with Gasteiger partial charge in [-0.1, -0.05) is 12.1 Å². The van der Waals surface area contributed by atoms with Crippen LogP contribution in [0, 0.1) is 12.7 Å². The number of aryl methyl sites for hydroxylation is 1. The number of hydrogen-bond acceptors (Lipinski definition) is 3. The topological polar surface area (TPSA) is 50.4 Å². The lowest BCUT2D eigenvalue weighted by molar-refractivity contribution is 0.438. The molecule has 82 valence electrons. The van der Waals surface area contributed by atoms with Crippen molar-refractivity contribution in [1.29, 1.82) is 0 Å². The molecule has 0 atom stereocenters. The van der Waals surface area contributed by atoms with Gasteiger partial charge in [-0.3, -0.25) is 0 Å². The molecule has 0 radical (unpaired) electrons. The summed E-state index contributed by atoms with van der Waals surface area (Å²) >= 11 is 0. The molecule has 0 aliphatic carbocycles. The zero-order valence-electron chi connectivity index (χ0n) is 8.53. The van der Waals surface area contributed by atoms with E-state index >= 15 is 0 Å². The molecule has 2 aromatic rings. The van der Waals surface area contributed by atoms with Gasteiger partial charge in [0.25, 0.3) is 0 Å². The number of hydrogen-bond donors (Lipinski definition) is 1. The first-order chi connectivity index (χ1) is 7.58. The van der Waals surface area contributed by atoms with Crippen molar-refractivity contribution in [3.8, 4) is 16.9 Å². The van der Waals surface area contributed by atoms with Gasteiger partial charge in [0, 0.05) is 6.07 Å². The molecule has 0 saturated heterocycles. The molecule has 1 aromatic carbocycles. The Hall–Kier alpha value is -2.10. The Morgan fingerprint density at radius 2 is 1.88 bits per heavy atom. The van der Waals surface area contributed by atoms with Gasteiger partial charge in [-0.2, -0.15) is 0 Å². The molecule has 1 heterocycles. The minimum Gasteiger partial charge on any atom is -0.507 e. The standard InChI is InChI=1S/C12H9FO3/c1-7-6-10(14)11(12(15)16-7)8-2-4-9(13)5-3-8/h2-6,14H,1H3. The second-order valence-corrected chi connectivity index (χ2v) is 3.41. The van der Waals surface area contributed by atoms with E-state index in [-0.39, 0.29) is 11.3 Å². The summed E-state index contributed by atoms with van der Waals surface area (Å²) in [6, 6.07) is 6.61. The molecule has 0 amide bonds. The van der Waals surface area contributed by atoms with Crippen LogP contribution in [-0.4, -0.2) is 5.11 Å². The van der Waals surface area contributed by atoms with Gasteiger partial charge >= 0.3 is 5.63 Å². The van der Waals surface area contributed by atoms with Crippen molar-refractivity contribution in [2.45, 2.75) is 6.92 Å². The third-order valence-electron chi connectivity index (χ3n) is 2.19. The molecule has 3 nitrogen and oxygen atoms in total. The molecule has 0 bridgehead atoms. The van der Waals surface area contributed by atoms with Crippen LogP contribution in [0.2, 0.25) is 0 Å². The maximum Gasteiger partial charge on any atom is 0.347 e. The summed E-state index contributed by atoms with van der Waals surface area (Å²) in [6.07, 6.45) is 0. The van der Waals surface area contributed by atoms with E-state index in [2.05, 4.69) is 0 Å². The monoisotopic (exact) mass is 220 g/mol. The second kappa shape index (κ2) is 3.81. The lowest BCUT2D eigenvalue weighted by Crippen LogP contribution is -2.03. The van der Waals surface area contributed by atoms with Crippen LogP contribution >= 0.6 is 0 Å². The van der Waals surface area contributed by atoms with Crippen molar-refractivity contribution in [1.82, 2.24) is 0 Å². The minimum absolute atomic E-state index is 0.0469. The summed E-state index contributed by atoms with van der Waals surface area (Å²) in [6.45, 7) is 1.57. The molecule has 0 fully saturated rings. The maximum absolute atomic E-state index is 12.7. The van der Waals surface area contributed by atoms with E-state index < -0.39 is 11.4 Å². The maximum atomic E-state index is 12.7. The molecule has 0 spiro atoms. The van der Waals surface area contributed by atoms with Gasteiger partial charge < -0.3 is 9.52 Å². The molecule has 1 N–H and O–H groups in total. The first-order valence-corrected chi connectivity index (χ1v) is 4.67. The second-order valence-electron chi connectivity index (χ2n) is 3.41. The molecule has 2 rings (SSSR count). The van der Waals surface area contributed by atoms with Crippen molar-refractivity contribution in [3.63, 3.8) is 0 Å². The third kappa shape index (κ3) is 1.82. The molecule has 0 aliphatic rings. The van der Waals surface area contributed by atoms with Gasteiger partial charge in [-0.05, 0) is 24.6 Å². The fraction of sp³-hybridized carbons (Fsp3) is 0.0833. The Kier molecular flexibility index (Phi) is 2.48. The summed E-state index contributed by atoms with van der Waals surface area (Å²) < 4.78 is 17.6. The molecular weight excluding hydrogens is 211 g/mol. The highest BCUT2D eigenvalue weighted by Gasteiger charge is 2.11. The Balaban J connectivity index is 2.65. The van der Waals surface area contributed by atoms with Crippen molar-refractivity contribution in [2.75, 3.05) is 0 Å². The quantitative estimate of drug-likeness (QED) is 0.803. The van der Waals surface area contributed by atoms with E-state index in [0.29, 0.717) is 11.3 Å². The fourth-order valence-corrected chi connectivity index (χ4v) is 1.48. The largest absolute Gasteiger partial charge is 0.507 e. The van der Waals surface area contributed by atoms with Gasteiger partial charge in [0.1, 0.15) is 22.9 Å². The van der Waals surface area contributed by atoms with Gasteiger partial charge in [0.05, 0.1) is 0 Å². The summed E-state index contributed by atoms with van der Waals surface area (Å²) in [5.74, 6) is -0.242. The van der Waals surface area contributed by atoms with Crippen LogP contribution in [0.4, 0.5) is 4.39 Å². The molecule has 0 saturated carbocycles. The van der Waals surface area contributed by atoms with Gasteiger partial charge in [-0.15, -0.1) is 0 Å².